The fourth-order valence-electron chi connectivity index (χ4n) is 7.17. The van der Waals surface area contributed by atoms with E-state index in [1.54, 1.807) is 24.3 Å². The number of amides is 2. The van der Waals surface area contributed by atoms with Crippen molar-refractivity contribution in [2.75, 3.05) is 23.9 Å². The molecule has 2 unspecified atom stereocenters. The van der Waals surface area contributed by atoms with E-state index in [4.69, 9.17) is 5.73 Å². The van der Waals surface area contributed by atoms with Crippen LogP contribution in [0.15, 0.2) is 42.5 Å². The standard InChI is InChI=1S/C24H32N4O4S/c1-16-13-27(33(31,32)28(14-16)20-5-3-2-4-6-20)15-22(30)26-23-18-7-17-8-19(23)11-24(9-17,10-18)12-21(25)29/h2-6,17-19,23H,1,7-15H2,(H2,25,29)(H,26,30). The lowest BCUT2D eigenvalue weighted by atomic mass is 9.47. The first-order valence-corrected chi connectivity index (χ1v) is 13.1. The molecule has 1 saturated heterocycles. The highest BCUT2D eigenvalue weighted by Gasteiger charge is 2.56. The van der Waals surface area contributed by atoms with Gasteiger partial charge in [-0.3, -0.25) is 13.9 Å². The molecule has 9 heteroatoms. The third-order valence-electron chi connectivity index (χ3n) is 8.01. The maximum absolute atomic E-state index is 13.3. The lowest BCUT2D eigenvalue weighted by Gasteiger charge is -2.60. The van der Waals surface area contributed by atoms with Gasteiger partial charge in [0.15, 0.2) is 0 Å². The average Bonchev–Trinajstić information content (AvgIpc) is 2.72. The summed E-state index contributed by atoms with van der Waals surface area (Å²) in [5, 5.41) is 3.18. The fraction of sp³-hybridized carbons (Fsp3) is 0.583. The van der Waals surface area contributed by atoms with E-state index in [2.05, 4.69) is 11.9 Å². The first-order valence-electron chi connectivity index (χ1n) is 11.7. The number of hydrogen-bond acceptors (Lipinski definition) is 4. The quantitative estimate of drug-likeness (QED) is 0.615. The summed E-state index contributed by atoms with van der Waals surface area (Å²) in [7, 11) is -3.84. The summed E-state index contributed by atoms with van der Waals surface area (Å²) in [6.45, 7) is 4.12. The molecule has 5 aliphatic rings. The monoisotopic (exact) mass is 472 g/mol. The zero-order valence-corrected chi connectivity index (χ0v) is 19.6. The van der Waals surface area contributed by atoms with Gasteiger partial charge in [-0.05, 0) is 73.0 Å². The van der Waals surface area contributed by atoms with Crippen LogP contribution >= 0.6 is 0 Å². The number of carbonyl (C=O) groups is 2. The lowest BCUT2D eigenvalue weighted by molar-refractivity contribution is -0.134. The number of primary amides is 1. The highest BCUT2D eigenvalue weighted by molar-refractivity contribution is 7.90. The first kappa shape index (κ1) is 22.4. The van der Waals surface area contributed by atoms with E-state index in [-0.39, 0.29) is 42.9 Å². The molecule has 8 nitrogen and oxygen atoms in total. The van der Waals surface area contributed by atoms with Gasteiger partial charge in [0.2, 0.25) is 11.8 Å². The van der Waals surface area contributed by atoms with E-state index in [0.717, 1.165) is 37.7 Å². The van der Waals surface area contributed by atoms with Crippen LogP contribution in [-0.4, -0.2) is 50.2 Å². The van der Waals surface area contributed by atoms with Crippen LogP contribution in [0.3, 0.4) is 0 Å². The summed E-state index contributed by atoms with van der Waals surface area (Å²) in [5.41, 5.74) is 6.83. The normalized spacial score (nSPS) is 34.9. The molecule has 2 atom stereocenters. The van der Waals surface area contributed by atoms with Gasteiger partial charge in [0.05, 0.1) is 18.8 Å². The molecule has 178 valence electrons. The predicted octanol–water partition coefficient (Wildman–Crippen LogP) is 1.80. The van der Waals surface area contributed by atoms with E-state index >= 15 is 0 Å². The van der Waals surface area contributed by atoms with Gasteiger partial charge >= 0.3 is 10.2 Å². The molecule has 2 amide bonds. The molecule has 1 aliphatic heterocycles. The van der Waals surface area contributed by atoms with Crippen molar-refractivity contribution in [1.82, 2.24) is 9.62 Å². The molecule has 5 fully saturated rings. The zero-order valence-electron chi connectivity index (χ0n) is 18.8. The number of nitrogens with two attached hydrogens (primary N) is 1. The minimum atomic E-state index is -3.84. The van der Waals surface area contributed by atoms with Crippen molar-refractivity contribution in [1.29, 1.82) is 0 Å². The predicted molar refractivity (Wildman–Crippen MR) is 125 cm³/mol. The Balaban J connectivity index is 1.28. The second-order valence-corrected chi connectivity index (χ2v) is 12.4. The van der Waals surface area contributed by atoms with Crippen LogP contribution in [-0.2, 0) is 19.8 Å². The van der Waals surface area contributed by atoms with Crippen molar-refractivity contribution in [2.45, 2.75) is 44.6 Å². The van der Waals surface area contributed by atoms with Crippen LogP contribution in [0.1, 0.15) is 38.5 Å². The summed E-state index contributed by atoms with van der Waals surface area (Å²) < 4.78 is 29.0. The van der Waals surface area contributed by atoms with Crippen molar-refractivity contribution in [2.24, 2.45) is 28.9 Å². The Morgan fingerprint density at radius 2 is 1.76 bits per heavy atom. The summed E-state index contributed by atoms with van der Waals surface area (Å²) in [4.78, 5) is 24.7. The summed E-state index contributed by atoms with van der Waals surface area (Å²) in [6.07, 6.45) is 5.43. The minimum absolute atomic E-state index is 0.00625. The third kappa shape index (κ3) is 4.17. The zero-order chi connectivity index (χ0) is 23.4. The van der Waals surface area contributed by atoms with Crippen LogP contribution in [0.5, 0.6) is 0 Å². The van der Waals surface area contributed by atoms with Gasteiger partial charge in [-0.25, -0.2) is 0 Å². The Bertz CT molecular complexity index is 1060. The third-order valence-corrected chi connectivity index (χ3v) is 9.82. The van der Waals surface area contributed by atoms with E-state index in [9.17, 15) is 18.0 Å². The maximum atomic E-state index is 13.3. The van der Waals surface area contributed by atoms with Crippen LogP contribution in [0.4, 0.5) is 5.69 Å². The van der Waals surface area contributed by atoms with E-state index in [1.807, 2.05) is 6.07 Å². The molecule has 4 saturated carbocycles. The number of nitrogens with one attached hydrogen (secondary N) is 1. The van der Waals surface area contributed by atoms with Crippen molar-refractivity contribution in [3.8, 4) is 0 Å². The van der Waals surface area contributed by atoms with Crippen molar-refractivity contribution in [3.63, 3.8) is 0 Å². The maximum Gasteiger partial charge on any atom is 0.305 e. The molecule has 0 radical (unpaired) electrons. The van der Waals surface area contributed by atoms with Gasteiger partial charge in [-0.2, -0.15) is 12.7 Å². The van der Waals surface area contributed by atoms with Crippen molar-refractivity contribution >= 4 is 27.7 Å². The number of benzene rings is 1. The second kappa shape index (κ2) is 8.13. The second-order valence-electron chi connectivity index (χ2n) is 10.6. The van der Waals surface area contributed by atoms with Crippen molar-refractivity contribution < 1.29 is 18.0 Å². The molecule has 0 spiro atoms. The van der Waals surface area contributed by atoms with Crippen LogP contribution in [0.2, 0.25) is 0 Å². The topological polar surface area (TPSA) is 113 Å². The van der Waals surface area contributed by atoms with Crippen LogP contribution in [0.25, 0.3) is 0 Å². The molecule has 6 rings (SSSR count). The Morgan fingerprint density at radius 1 is 1.09 bits per heavy atom. The summed E-state index contributed by atoms with van der Waals surface area (Å²) in [6, 6.07) is 8.93. The molecule has 1 aromatic carbocycles. The smallest absolute Gasteiger partial charge is 0.305 e. The van der Waals surface area contributed by atoms with Gasteiger partial charge in [0.1, 0.15) is 0 Å². The lowest BCUT2D eigenvalue weighted by Crippen LogP contribution is -2.61. The van der Waals surface area contributed by atoms with Gasteiger partial charge in [-0.15, -0.1) is 0 Å². The molecule has 3 N–H and O–H groups in total. The Morgan fingerprint density at radius 3 is 2.39 bits per heavy atom. The summed E-state index contributed by atoms with van der Waals surface area (Å²) in [5.74, 6) is 0.737. The van der Waals surface area contributed by atoms with E-state index in [1.165, 1.54) is 8.61 Å². The van der Waals surface area contributed by atoms with E-state index < -0.39 is 10.2 Å². The van der Waals surface area contributed by atoms with E-state index in [0.29, 0.717) is 29.9 Å². The average molecular weight is 473 g/mol. The molecule has 4 bridgehead atoms. The Hall–Kier alpha value is -2.39. The molecular weight excluding hydrogens is 440 g/mol. The van der Waals surface area contributed by atoms with Gasteiger partial charge in [0, 0.05) is 19.0 Å². The van der Waals surface area contributed by atoms with Gasteiger partial charge < -0.3 is 11.1 Å². The van der Waals surface area contributed by atoms with Crippen LogP contribution < -0.4 is 15.4 Å². The van der Waals surface area contributed by atoms with Gasteiger partial charge in [0.25, 0.3) is 0 Å². The molecule has 1 heterocycles. The Labute approximate surface area is 195 Å². The first-order chi connectivity index (χ1) is 15.6. The largest absolute Gasteiger partial charge is 0.370 e. The molecule has 0 aromatic heterocycles. The van der Waals surface area contributed by atoms with Gasteiger partial charge in [-0.1, -0.05) is 24.8 Å². The van der Waals surface area contributed by atoms with Crippen LogP contribution in [0, 0.1) is 23.2 Å². The Kier molecular flexibility index (Phi) is 5.52. The highest BCUT2D eigenvalue weighted by Crippen LogP contribution is 2.61. The summed E-state index contributed by atoms with van der Waals surface area (Å²) >= 11 is 0. The molecule has 4 aliphatic carbocycles. The number of carbonyl (C=O) groups excluding carboxylic acids is 2. The number of rotatable bonds is 6. The number of anilines is 1. The SMILES string of the molecule is C=C1CN(CC(=O)NC2C3CC4CC2CC(CC(N)=O)(C4)C3)S(=O)(=O)N(c2ccccc2)C1. The number of nitrogens with zero attached hydrogens (tertiary/aromatic N) is 2. The fourth-order valence-corrected chi connectivity index (χ4v) is 8.81. The molecular formula is C24H32N4O4S. The minimum Gasteiger partial charge on any atom is -0.370 e. The molecule has 1 aromatic rings. The number of hydrogen-bond donors (Lipinski definition) is 2. The molecule has 33 heavy (non-hydrogen) atoms. The number of para-hydroxylation sites is 1. The highest BCUT2D eigenvalue weighted by atomic mass is 32.2. The van der Waals surface area contributed by atoms with Crippen molar-refractivity contribution in [3.05, 3.63) is 42.5 Å².